The van der Waals surface area contributed by atoms with Crippen molar-refractivity contribution in [3.8, 4) is 0 Å². The first-order chi connectivity index (χ1) is 13.4. The number of rotatable bonds is 8. The smallest absolute Gasteiger partial charge is 0.269 e. The second-order valence-corrected chi connectivity index (χ2v) is 9.84. The fraction of sp³-hybridized carbons (Fsp3) is 0.167. The van der Waals surface area contributed by atoms with Gasteiger partial charge < -0.3 is 0 Å². The van der Waals surface area contributed by atoms with E-state index in [-0.39, 0.29) is 21.9 Å². The van der Waals surface area contributed by atoms with Crippen LogP contribution < -0.4 is 10.0 Å². The maximum Gasteiger partial charge on any atom is 0.269 e. The highest BCUT2D eigenvalue weighted by Crippen LogP contribution is 2.21. The van der Waals surface area contributed by atoms with Gasteiger partial charge in [-0.05, 0) is 31.2 Å². The first-order valence-corrected chi connectivity index (χ1v) is 11.6. The van der Waals surface area contributed by atoms with Crippen molar-refractivity contribution in [3.63, 3.8) is 0 Å². The summed E-state index contributed by atoms with van der Waals surface area (Å²) < 4.78 is 27.0. The molecule has 0 radical (unpaired) electrons. The van der Waals surface area contributed by atoms with E-state index in [0.29, 0.717) is 11.3 Å². The van der Waals surface area contributed by atoms with Crippen LogP contribution in [-0.2, 0) is 10.0 Å². The van der Waals surface area contributed by atoms with Crippen LogP contribution in [0.4, 0.5) is 5.13 Å². The topological polar surface area (TPSA) is 101 Å². The van der Waals surface area contributed by atoms with Gasteiger partial charge in [-0.15, -0.1) is 22.0 Å². The van der Waals surface area contributed by atoms with Crippen LogP contribution >= 0.6 is 23.1 Å². The summed E-state index contributed by atoms with van der Waals surface area (Å²) in [5.74, 6) is 0.210. The minimum absolute atomic E-state index is 0.128. The van der Waals surface area contributed by atoms with E-state index in [0.717, 1.165) is 16.2 Å². The van der Waals surface area contributed by atoms with Crippen LogP contribution in [0, 0.1) is 6.92 Å². The Kier molecular flexibility index (Phi) is 6.79. The van der Waals surface area contributed by atoms with E-state index >= 15 is 0 Å². The van der Waals surface area contributed by atoms with Crippen molar-refractivity contribution in [1.29, 1.82) is 0 Å². The van der Waals surface area contributed by atoms with Crippen molar-refractivity contribution in [2.45, 2.75) is 16.2 Å². The number of carbonyl (C=O) groups is 1. The molecular weight excluding hydrogens is 416 g/mol. The van der Waals surface area contributed by atoms with Crippen LogP contribution in [0.15, 0.2) is 63.8 Å². The lowest BCUT2D eigenvalue weighted by atomic mass is 10.2. The quantitative estimate of drug-likeness (QED) is 0.321. The van der Waals surface area contributed by atoms with Crippen LogP contribution in [0.5, 0.6) is 0 Å². The molecule has 3 rings (SSSR count). The number of thioether (sulfide) groups is 1. The van der Waals surface area contributed by atoms with Gasteiger partial charge in [-0.1, -0.05) is 47.2 Å². The Morgan fingerprint density at radius 1 is 1.07 bits per heavy atom. The number of hydrogen-bond acceptors (Lipinski definition) is 7. The van der Waals surface area contributed by atoms with Crippen LogP contribution in [0.2, 0.25) is 0 Å². The number of anilines is 1. The van der Waals surface area contributed by atoms with Crippen molar-refractivity contribution in [2.24, 2.45) is 0 Å². The third kappa shape index (κ3) is 5.61. The number of nitrogens with zero attached hydrogens (tertiary/aromatic N) is 2. The molecule has 0 fully saturated rings. The lowest BCUT2D eigenvalue weighted by Gasteiger charge is -2.04. The first kappa shape index (κ1) is 20.5. The molecule has 7 nitrogen and oxygen atoms in total. The van der Waals surface area contributed by atoms with Crippen molar-refractivity contribution >= 4 is 44.2 Å². The molecule has 28 heavy (non-hydrogen) atoms. The summed E-state index contributed by atoms with van der Waals surface area (Å²) in [6.45, 7) is 2.27. The standard InChI is InChI=1S/C18H18N4O3S3/c1-13-7-9-15(10-8-13)26-12-11-19-28(24,25)18-22-21-17(27-18)20-16(23)14-5-3-2-4-6-14/h2-10,19H,11-12H2,1H3,(H,20,21,23). The van der Waals surface area contributed by atoms with Gasteiger partial charge in [0.25, 0.3) is 15.9 Å². The largest absolute Gasteiger partial charge is 0.296 e. The molecule has 0 saturated heterocycles. The number of amides is 1. The molecule has 1 amide bonds. The number of sulfonamides is 1. The highest BCUT2D eigenvalue weighted by atomic mass is 32.2. The molecule has 2 N–H and O–H groups in total. The number of benzene rings is 2. The van der Waals surface area contributed by atoms with E-state index in [1.54, 1.807) is 42.1 Å². The monoisotopic (exact) mass is 434 g/mol. The number of nitrogens with one attached hydrogen (secondary N) is 2. The summed E-state index contributed by atoms with van der Waals surface area (Å²) in [5.41, 5.74) is 1.63. The molecular formula is C18H18N4O3S3. The zero-order valence-electron chi connectivity index (χ0n) is 15.0. The molecule has 3 aromatic rings. The maximum absolute atomic E-state index is 12.3. The Labute approximate surface area is 171 Å². The normalized spacial score (nSPS) is 11.3. The summed E-state index contributed by atoms with van der Waals surface area (Å²) >= 11 is 2.37. The van der Waals surface area contributed by atoms with Gasteiger partial charge in [0, 0.05) is 22.8 Å². The van der Waals surface area contributed by atoms with Gasteiger partial charge in [-0.3, -0.25) is 10.1 Å². The molecule has 146 valence electrons. The van der Waals surface area contributed by atoms with E-state index in [1.165, 1.54) is 5.56 Å². The molecule has 0 saturated carbocycles. The summed E-state index contributed by atoms with van der Waals surface area (Å²) in [5, 5.41) is 10.1. The maximum atomic E-state index is 12.3. The van der Waals surface area contributed by atoms with Gasteiger partial charge in [0.05, 0.1) is 0 Å². The van der Waals surface area contributed by atoms with Gasteiger partial charge in [0.2, 0.25) is 9.47 Å². The molecule has 1 heterocycles. The molecule has 2 aromatic carbocycles. The van der Waals surface area contributed by atoms with Gasteiger partial charge in [-0.25, -0.2) is 13.1 Å². The van der Waals surface area contributed by atoms with Gasteiger partial charge in [0.15, 0.2) is 0 Å². The van der Waals surface area contributed by atoms with E-state index in [2.05, 4.69) is 20.2 Å². The SMILES string of the molecule is Cc1ccc(SCCNS(=O)(=O)c2nnc(NC(=O)c3ccccc3)s2)cc1. The van der Waals surface area contributed by atoms with E-state index in [9.17, 15) is 13.2 Å². The van der Waals surface area contributed by atoms with Crippen LogP contribution in [0.1, 0.15) is 15.9 Å². The molecule has 0 aliphatic heterocycles. The molecule has 0 unspecified atom stereocenters. The van der Waals surface area contributed by atoms with Crippen LogP contribution in [-0.4, -0.2) is 36.8 Å². The highest BCUT2D eigenvalue weighted by molar-refractivity contribution is 7.99. The fourth-order valence-electron chi connectivity index (χ4n) is 2.17. The lowest BCUT2D eigenvalue weighted by molar-refractivity contribution is 0.102. The van der Waals surface area contributed by atoms with Crippen molar-refractivity contribution in [1.82, 2.24) is 14.9 Å². The Balaban J connectivity index is 1.52. The Morgan fingerprint density at radius 3 is 2.50 bits per heavy atom. The number of aromatic nitrogens is 2. The van der Waals surface area contributed by atoms with Crippen LogP contribution in [0.25, 0.3) is 0 Å². The minimum atomic E-state index is -3.77. The second-order valence-electron chi connectivity index (χ2n) is 5.75. The Morgan fingerprint density at radius 2 is 1.79 bits per heavy atom. The average Bonchev–Trinajstić information content (AvgIpc) is 3.17. The number of carbonyl (C=O) groups excluding carboxylic acids is 1. The molecule has 10 heteroatoms. The minimum Gasteiger partial charge on any atom is -0.296 e. The van der Waals surface area contributed by atoms with Gasteiger partial charge in [-0.2, -0.15) is 0 Å². The van der Waals surface area contributed by atoms with Crippen LogP contribution in [0.3, 0.4) is 0 Å². The van der Waals surface area contributed by atoms with E-state index in [4.69, 9.17) is 0 Å². The number of hydrogen-bond donors (Lipinski definition) is 2. The summed E-state index contributed by atoms with van der Waals surface area (Å²) in [6, 6.07) is 16.6. The summed E-state index contributed by atoms with van der Waals surface area (Å²) in [6.07, 6.45) is 0. The summed E-state index contributed by atoms with van der Waals surface area (Å²) in [4.78, 5) is 13.2. The first-order valence-electron chi connectivity index (χ1n) is 8.33. The zero-order chi connectivity index (χ0) is 20.0. The average molecular weight is 435 g/mol. The van der Waals surface area contributed by atoms with E-state index < -0.39 is 10.0 Å². The Hall–Kier alpha value is -2.27. The molecule has 0 aliphatic rings. The fourth-order valence-corrected chi connectivity index (χ4v) is 5.03. The molecule has 0 aliphatic carbocycles. The Bertz CT molecular complexity index is 1040. The molecule has 0 spiro atoms. The predicted molar refractivity (Wildman–Crippen MR) is 111 cm³/mol. The third-order valence-electron chi connectivity index (χ3n) is 3.58. The van der Waals surface area contributed by atoms with Crippen molar-refractivity contribution < 1.29 is 13.2 Å². The summed E-state index contributed by atoms with van der Waals surface area (Å²) in [7, 11) is -3.77. The molecule has 0 atom stereocenters. The lowest BCUT2D eigenvalue weighted by Crippen LogP contribution is -2.25. The zero-order valence-corrected chi connectivity index (χ0v) is 17.4. The molecule has 1 aromatic heterocycles. The third-order valence-corrected chi connectivity index (χ3v) is 7.26. The van der Waals surface area contributed by atoms with Gasteiger partial charge in [0.1, 0.15) is 0 Å². The van der Waals surface area contributed by atoms with E-state index in [1.807, 2.05) is 31.2 Å². The van der Waals surface area contributed by atoms with Crippen molar-refractivity contribution in [2.75, 3.05) is 17.6 Å². The second kappa shape index (κ2) is 9.28. The molecule has 0 bridgehead atoms. The predicted octanol–water partition coefficient (Wildman–Crippen LogP) is 3.17. The number of aryl methyl sites for hydroxylation is 1. The van der Waals surface area contributed by atoms with Crippen molar-refractivity contribution in [3.05, 3.63) is 65.7 Å². The highest BCUT2D eigenvalue weighted by Gasteiger charge is 2.20. The van der Waals surface area contributed by atoms with Gasteiger partial charge >= 0.3 is 0 Å².